The van der Waals surface area contributed by atoms with Crippen LogP contribution in [0.3, 0.4) is 0 Å². The number of carbonyl (C=O) groups is 1. The first kappa shape index (κ1) is 32.6. The Kier molecular flexibility index (Phi) is 8.83. The summed E-state index contributed by atoms with van der Waals surface area (Å²) in [5, 5.41) is 0. The van der Waals surface area contributed by atoms with Crippen molar-refractivity contribution < 1.29 is 26.4 Å². The summed E-state index contributed by atoms with van der Waals surface area (Å²) in [5.74, 6) is -1.53. The first-order valence-electron chi connectivity index (χ1n) is 15.6. The van der Waals surface area contributed by atoms with E-state index in [1.807, 2.05) is 0 Å². The van der Waals surface area contributed by atoms with Gasteiger partial charge in [-0.3, -0.25) is 4.79 Å². The second-order valence-corrected chi connectivity index (χ2v) is 13.5. The van der Waals surface area contributed by atoms with Crippen LogP contribution in [-0.2, 0) is 16.6 Å². The number of rotatable bonds is 11. The van der Waals surface area contributed by atoms with E-state index < -0.39 is 33.6 Å². The molecule has 0 amide bonds. The standard InChI is InChI=1S/C39H29F3N4O3S/c40-33-15-7-4-12-30(33)36-18-26(21-43-36)24-46(50(48,49)29-10-2-1-3-11-29)39(28-20-37(44-22-28)31-13-5-8-16-34(31)41)45-23-27(25-47)19-38(45)32-14-6-9-17-35(32)42/h1-23,25,39,43-44H,24H2. The van der Waals surface area contributed by atoms with E-state index in [4.69, 9.17) is 0 Å². The second kappa shape index (κ2) is 13.5. The molecule has 0 saturated heterocycles. The lowest BCUT2D eigenvalue weighted by Crippen LogP contribution is -2.38. The molecule has 0 aliphatic carbocycles. The lowest BCUT2D eigenvalue weighted by Gasteiger charge is -2.33. The maximum atomic E-state index is 15.4. The number of H-pyrrole nitrogens is 2. The molecule has 0 bridgehead atoms. The van der Waals surface area contributed by atoms with Crippen molar-refractivity contribution in [2.45, 2.75) is 17.6 Å². The van der Waals surface area contributed by atoms with Crippen molar-refractivity contribution in [1.29, 1.82) is 0 Å². The summed E-state index contributed by atoms with van der Waals surface area (Å²) in [7, 11) is -4.37. The number of aromatic amines is 2. The first-order valence-corrected chi connectivity index (χ1v) is 17.0. The molecule has 11 heteroatoms. The molecular weight excluding hydrogens is 662 g/mol. The van der Waals surface area contributed by atoms with Gasteiger partial charge in [-0.15, -0.1) is 0 Å². The highest BCUT2D eigenvalue weighted by Gasteiger charge is 2.36. The molecule has 0 aliphatic heterocycles. The van der Waals surface area contributed by atoms with E-state index in [1.54, 1.807) is 85.2 Å². The Labute approximate surface area is 286 Å². The predicted octanol–water partition coefficient (Wildman–Crippen LogP) is 8.81. The molecule has 0 fully saturated rings. The lowest BCUT2D eigenvalue weighted by molar-refractivity contribution is 0.112. The number of halogens is 3. The van der Waals surface area contributed by atoms with Crippen molar-refractivity contribution >= 4 is 16.3 Å². The van der Waals surface area contributed by atoms with Gasteiger partial charge in [0.2, 0.25) is 10.0 Å². The fraction of sp³-hybridized carbons (Fsp3) is 0.0513. The Morgan fingerprint density at radius 1 is 0.680 bits per heavy atom. The smallest absolute Gasteiger partial charge is 0.245 e. The molecule has 3 aromatic heterocycles. The SMILES string of the molecule is O=Cc1cc(-c2ccccc2F)n(C(c2c[nH]c(-c3ccccc3F)c2)N(Cc2c[nH]c(-c3ccccc3F)c2)S(=O)(=O)c2ccccc2)c1. The van der Waals surface area contributed by atoms with Gasteiger partial charge in [0.25, 0.3) is 0 Å². The van der Waals surface area contributed by atoms with Crippen LogP contribution >= 0.6 is 0 Å². The van der Waals surface area contributed by atoms with Gasteiger partial charge in [-0.2, -0.15) is 4.31 Å². The van der Waals surface area contributed by atoms with Gasteiger partial charge >= 0.3 is 0 Å². The Balaban J connectivity index is 1.46. The minimum Gasteiger partial charge on any atom is -0.361 e. The van der Waals surface area contributed by atoms with Crippen LogP contribution in [0.5, 0.6) is 0 Å². The van der Waals surface area contributed by atoms with Gasteiger partial charge in [-0.25, -0.2) is 21.6 Å². The van der Waals surface area contributed by atoms with Gasteiger partial charge in [0, 0.05) is 64.3 Å². The molecule has 7 rings (SSSR count). The molecule has 0 aliphatic rings. The molecule has 4 aromatic carbocycles. The molecule has 0 saturated carbocycles. The highest BCUT2D eigenvalue weighted by atomic mass is 32.2. The highest BCUT2D eigenvalue weighted by Crippen LogP contribution is 2.38. The Hall–Kier alpha value is -5.91. The summed E-state index contributed by atoms with van der Waals surface area (Å²) in [6.07, 6.45) is 3.98. The average Bonchev–Trinajstić information content (AvgIpc) is 3.90. The number of sulfonamides is 1. The molecular formula is C39H29F3N4O3S. The van der Waals surface area contributed by atoms with Crippen LogP contribution in [0.2, 0.25) is 0 Å². The average molecular weight is 691 g/mol. The highest BCUT2D eigenvalue weighted by molar-refractivity contribution is 7.89. The molecule has 0 spiro atoms. The third-order valence-corrected chi connectivity index (χ3v) is 10.3. The summed E-state index contributed by atoms with van der Waals surface area (Å²) >= 11 is 0. The number of nitrogens with zero attached hydrogens (tertiary/aromatic N) is 2. The number of carbonyl (C=O) groups excluding carboxylic acids is 1. The van der Waals surface area contributed by atoms with Crippen molar-refractivity contribution in [3.63, 3.8) is 0 Å². The van der Waals surface area contributed by atoms with E-state index in [2.05, 4.69) is 9.97 Å². The van der Waals surface area contributed by atoms with Gasteiger partial charge in [-0.1, -0.05) is 54.6 Å². The molecule has 1 unspecified atom stereocenters. The summed E-state index contributed by atoms with van der Waals surface area (Å²) in [5.41, 5.74) is 2.78. The maximum absolute atomic E-state index is 15.4. The molecule has 50 heavy (non-hydrogen) atoms. The van der Waals surface area contributed by atoms with Crippen LogP contribution < -0.4 is 0 Å². The normalized spacial score (nSPS) is 12.3. The number of aldehydes is 1. The summed E-state index contributed by atoms with van der Waals surface area (Å²) in [6, 6.07) is 31.0. The quantitative estimate of drug-likeness (QED) is 0.133. The number of nitrogens with one attached hydrogen (secondary N) is 2. The number of benzene rings is 4. The minimum absolute atomic E-state index is 0.0186. The Morgan fingerprint density at radius 2 is 1.22 bits per heavy atom. The molecule has 1 atom stereocenters. The Morgan fingerprint density at radius 3 is 1.82 bits per heavy atom. The topological polar surface area (TPSA) is 91.0 Å². The molecule has 2 N–H and O–H groups in total. The molecule has 250 valence electrons. The van der Waals surface area contributed by atoms with E-state index in [-0.39, 0.29) is 33.8 Å². The van der Waals surface area contributed by atoms with Crippen LogP contribution in [0.15, 0.2) is 145 Å². The summed E-state index contributed by atoms with van der Waals surface area (Å²) < 4.78 is 77.5. The van der Waals surface area contributed by atoms with E-state index >= 15 is 4.39 Å². The van der Waals surface area contributed by atoms with Gasteiger partial charge in [-0.05, 0) is 72.3 Å². The van der Waals surface area contributed by atoms with Gasteiger partial charge in [0.05, 0.1) is 10.6 Å². The van der Waals surface area contributed by atoms with Gasteiger partial charge in [0.1, 0.15) is 23.6 Å². The summed E-state index contributed by atoms with van der Waals surface area (Å²) in [6.45, 7) is -0.238. The van der Waals surface area contributed by atoms with Crippen molar-refractivity contribution in [1.82, 2.24) is 18.8 Å². The maximum Gasteiger partial charge on any atom is 0.245 e. The zero-order valence-electron chi connectivity index (χ0n) is 26.3. The fourth-order valence-electron chi connectivity index (χ4n) is 6.09. The molecule has 0 radical (unpaired) electrons. The second-order valence-electron chi connectivity index (χ2n) is 11.6. The molecule has 7 nitrogen and oxygen atoms in total. The third-order valence-electron chi connectivity index (χ3n) is 8.45. The van der Waals surface area contributed by atoms with Crippen molar-refractivity contribution in [3.05, 3.63) is 174 Å². The fourth-order valence-corrected chi connectivity index (χ4v) is 7.67. The zero-order valence-corrected chi connectivity index (χ0v) is 27.1. The largest absolute Gasteiger partial charge is 0.361 e. The van der Waals surface area contributed by atoms with Crippen LogP contribution in [0.25, 0.3) is 33.8 Å². The van der Waals surface area contributed by atoms with Crippen molar-refractivity contribution in [3.8, 4) is 33.8 Å². The van der Waals surface area contributed by atoms with E-state index in [0.717, 1.165) is 0 Å². The third kappa shape index (κ3) is 6.20. The van der Waals surface area contributed by atoms with E-state index in [9.17, 15) is 22.0 Å². The first-order chi connectivity index (χ1) is 24.2. The lowest BCUT2D eigenvalue weighted by atomic mass is 10.1. The van der Waals surface area contributed by atoms with Gasteiger partial charge in [0.15, 0.2) is 6.29 Å². The van der Waals surface area contributed by atoms with Crippen LogP contribution in [0.1, 0.15) is 27.7 Å². The van der Waals surface area contributed by atoms with Crippen molar-refractivity contribution in [2.24, 2.45) is 0 Å². The van der Waals surface area contributed by atoms with Crippen LogP contribution in [-0.4, -0.2) is 33.5 Å². The zero-order chi connectivity index (χ0) is 34.8. The Bertz CT molecular complexity index is 2420. The van der Waals surface area contributed by atoms with E-state index in [0.29, 0.717) is 34.4 Å². The van der Waals surface area contributed by atoms with Crippen LogP contribution in [0, 0.1) is 17.5 Å². The number of hydrogen-bond donors (Lipinski definition) is 2. The van der Waals surface area contributed by atoms with Crippen LogP contribution in [0.4, 0.5) is 13.2 Å². The number of hydrogen-bond acceptors (Lipinski definition) is 3. The number of aromatic nitrogens is 3. The predicted molar refractivity (Wildman–Crippen MR) is 185 cm³/mol. The molecule has 3 heterocycles. The van der Waals surface area contributed by atoms with E-state index in [1.165, 1.54) is 63.6 Å². The molecule has 7 aromatic rings. The van der Waals surface area contributed by atoms with Crippen molar-refractivity contribution in [2.75, 3.05) is 0 Å². The van der Waals surface area contributed by atoms with Gasteiger partial charge < -0.3 is 14.5 Å². The minimum atomic E-state index is -4.37. The summed E-state index contributed by atoms with van der Waals surface area (Å²) in [4.78, 5) is 18.3. The monoisotopic (exact) mass is 690 g/mol.